The average Bonchev–Trinajstić information content (AvgIpc) is 2.36. The minimum absolute atomic E-state index is 0.108. The summed E-state index contributed by atoms with van der Waals surface area (Å²) >= 11 is 0. The number of nitrogens with zero attached hydrogens (tertiary/aromatic N) is 1. The van der Waals surface area contributed by atoms with Crippen molar-refractivity contribution in [3.8, 4) is 0 Å². The van der Waals surface area contributed by atoms with Gasteiger partial charge in [0.15, 0.2) is 0 Å². The Morgan fingerprint density at radius 1 is 1.32 bits per heavy atom. The van der Waals surface area contributed by atoms with Crippen molar-refractivity contribution in [3.63, 3.8) is 0 Å². The summed E-state index contributed by atoms with van der Waals surface area (Å²) in [5.41, 5.74) is 5.49. The van der Waals surface area contributed by atoms with Crippen molar-refractivity contribution in [1.82, 2.24) is 10.2 Å². The average molecular weight is 267 g/mol. The van der Waals surface area contributed by atoms with Gasteiger partial charge in [0.05, 0.1) is 5.54 Å². The molecule has 0 bridgehead atoms. The first-order valence-corrected chi connectivity index (χ1v) is 7.43. The maximum atomic E-state index is 12.2. The molecule has 1 saturated heterocycles. The third-order valence-electron chi connectivity index (χ3n) is 4.30. The van der Waals surface area contributed by atoms with Crippen LogP contribution in [0.4, 0.5) is 0 Å². The number of carbonyl (C=O) groups excluding carboxylic acids is 2. The molecule has 1 heterocycles. The number of nitrogens with two attached hydrogens (primary N) is 1. The maximum absolute atomic E-state index is 12.2. The third-order valence-corrected chi connectivity index (χ3v) is 4.30. The van der Waals surface area contributed by atoms with E-state index in [2.05, 4.69) is 5.32 Å². The van der Waals surface area contributed by atoms with Crippen LogP contribution in [-0.4, -0.2) is 41.4 Å². The summed E-state index contributed by atoms with van der Waals surface area (Å²) in [6.45, 7) is 3.43. The number of hydrogen-bond donors (Lipinski definition) is 2. The minimum Gasteiger partial charge on any atom is -0.353 e. The molecule has 0 aromatic carbocycles. The molecule has 0 radical (unpaired) electrons. The summed E-state index contributed by atoms with van der Waals surface area (Å²) in [6.07, 6.45) is 5.85. The number of nitrogens with one attached hydrogen (secondary N) is 1. The highest BCUT2D eigenvalue weighted by atomic mass is 16.2. The summed E-state index contributed by atoms with van der Waals surface area (Å²) < 4.78 is 0. The molecule has 2 rings (SSSR count). The SMILES string of the molecule is CCCC(=O)NC1CCN(C(=O)C2(N)CCC2)CC1. The van der Waals surface area contributed by atoms with Crippen LogP contribution in [0.1, 0.15) is 51.9 Å². The molecule has 0 atom stereocenters. The minimum atomic E-state index is -0.585. The van der Waals surface area contributed by atoms with Crippen molar-refractivity contribution in [3.05, 3.63) is 0 Å². The topological polar surface area (TPSA) is 75.4 Å². The molecular weight excluding hydrogens is 242 g/mol. The van der Waals surface area contributed by atoms with Gasteiger partial charge in [0.1, 0.15) is 0 Å². The first-order chi connectivity index (χ1) is 9.05. The zero-order chi connectivity index (χ0) is 13.9. The molecule has 0 aromatic rings. The van der Waals surface area contributed by atoms with E-state index in [4.69, 9.17) is 5.73 Å². The Morgan fingerprint density at radius 3 is 2.42 bits per heavy atom. The van der Waals surface area contributed by atoms with Crippen LogP contribution in [0.5, 0.6) is 0 Å². The summed E-state index contributed by atoms with van der Waals surface area (Å²) in [6, 6.07) is 0.221. The second-order valence-electron chi connectivity index (χ2n) is 5.89. The molecule has 2 amide bonds. The lowest BCUT2D eigenvalue weighted by Crippen LogP contribution is -2.61. The van der Waals surface area contributed by atoms with E-state index in [9.17, 15) is 9.59 Å². The molecule has 2 fully saturated rings. The van der Waals surface area contributed by atoms with Gasteiger partial charge in [0.25, 0.3) is 0 Å². The molecule has 0 aromatic heterocycles. The van der Waals surface area contributed by atoms with Gasteiger partial charge in [-0.3, -0.25) is 9.59 Å². The third kappa shape index (κ3) is 3.26. The van der Waals surface area contributed by atoms with Crippen molar-refractivity contribution < 1.29 is 9.59 Å². The van der Waals surface area contributed by atoms with Gasteiger partial charge >= 0.3 is 0 Å². The number of amides is 2. The summed E-state index contributed by atoms with van der Waals surface area (Å²) in [7, 11) is 0. The van der Waals surface area contributed by atoms with Crippen LogP contribution >= 0.6 is 0 Å². The molecule has 1 saturated carbocycles. The van der Waals surface area contributed by atoms with Gasteiger partial charge in [-0.1, -0.05) is 6.92 Å². The quantitative estimate of drug-likeness (QED) is 0.790. The monoisotopic (exact) mass is 267 g/mol. The number of likely N-dealkylation sites (tertiary alicyclic amines) is 1. The highest BCUT2D eigenvalue weighted by Crippen LogP contribution is 2.31. The fraction of sp³-hybridized carbons (Fsp3) is 0.857. The molecule has 5 heteroatoms. The van der Waals surface area contributed by atoms with Gasteiger partial charge in [0, 0.05) is 25.6 Å². The van der Waals surface area contributed by atoms with Crippen molar-refractivity contribution in [2.75, 3.05) is 13.1 Å². The molecular formula is C14H25N3O2. The van der Waals surface area contributed by atoms with E-state index in [1.165, 1.54) is 0 Å². The van der Waals surface area contributed by atoms with Crippen molar-refractivity contribution in [2.24, 2.45) is 5.73 Å². The maximum Gasteiger partial charge on any atom is 0.242 e. The predicted octanol–water partition coefficient (Wildman–Crippen LogP) is 0.775. The summed E-state index contributed by atoms with van der Waals surface area (Å²) in [4.78, 5) is 25.7. The Labute approximate surface area is 114 Å². The van der Waals surface area contributed by atoms with E-state index in [1.54, 1.807) is 0 Å². The molecule has 0 spiro atoms. The molecule has 1 aliphatic carbocycles. The van der Waals surface area contributed by atoms with Gasteiger partial charge in [0.2, 0.25) is 11.8 Å². The summed E-state index contributed by atoms with van der Waals surface area (Å²) in [5.74, 6) is 0.235. The Kier molecular flexibility index (Phi) is 4.45. The van der Waals surface area contributed by atoms with Crippen LogP contribution < -0.4 is 11.1 Å². The van der Waals surface area contributed by atoms with Crippen molar-refractivity contribution in [2.45, 2.75) is 63.5 Å². The molecule has 19 heavy (non-hydrogen) atoms. The first-order valence-electron chi connectivity index (χ1n) is 7.43. The number of hydrogen-bond acceptors (Lipinski definition) is 3. The van der Waals surface area contributed by atoms with Crippen LogP contribution in [0.25, 0.3) is 0 Å². The number of piperidine rings is 1. The van der Waals surface area contributed by atoms with E-state index in [0.29, 0.717) is 6.42 Å². The van der Waals surface area contributed by atoms with Crippen LogP contribution in [-0.2, 0) is 9.59 Å². The lowest BCUT2D eigenvalue weighted by atomic mass is 9.76. The zero-order valence-electron chi connectivity index (χ0n) is 11.8. The molecule has 1 aliphatic heterocycles. The number of carbonyl (C=O) groups is 2. The van der Waals surface area contributed by atoms with Gasteiger partial charge in [-0.05, 0) is 38.5 Å². The molecule has 5 nitrogen and oxygen atoms in total. The van der Waals surface area contributed by atoms with Crippen molar-refractivity contribution >= 4 is 11.8 Å². The second-order valence-corrected chi connectivity index (χ2v) is 5.89. The van der Waals surface area contributed by atoms with Gasteiger partial charge < -0.3 is 16.0 Å². The second kappa shape index (κ2) is 5.90. The molecule has 3 N–H and O–H groups in total. The highest BCUT2D eigenvalue weighted by molar-refractivity contribution is 5.87. The van der Waals surface area contributed by atoms with Crippen LogP contribution in [0.15, 0.2) is 0 Å². The summed E-state index contributed by atoms with van der Waals surface area (Å²) in [5, 5.41) is 3.04. The van der Waals surface area contributed by atoms with E-state index in [1.807, 2.05) is 11.8 Å². The Hall–Kier alpha value is -1.10. The molecule has 2 aliphatic rings. The van der Waals surface area contributed by atoms with E-state index < -0.39 is 5.54 Å². The highest BCUT2D eigenvalue weighted by Gasteiger charge is 2.43. The zero-order valence-corrected chi connectivity index (χ0v) is 11.8. The largest absolute Gasteiger partial charge is 0.353 e. The Bertz CT molecular complexity index is 345. The van der Waals surface area contributed by atoms with E-state index >= 15 is 0 Å². The van der Waals surface area contributed by atoms with E-state index in [0.717, 1.165) is 51.6 Å². The first kappa shape index (κ1) is 14.3. The molecule has 0 unspecified atom stereocenters. The van der Waals surface area contributed by atoms with Crippen LogP contribution in [0, 0.1) is 0 Å². The lowest BCUT2D eigenvalue weighted by Gasteiger charge is -2.42. The fourth-order valence-electron chi connectivity index (χ4n) is 2.84. The Morgan fingerprint density at radius 2 is 1.95 bits per heavy atom. The molecule has 108 valence electrons. The standard InChI is InChI=1S/C14H25N3O2/c1-2-4-12(18)16-11-5-9-17(10-6-11)13(19)14(15)7-3-8-14/h11H,2-10,15H2,1H3,(H,16,18). The van der Waals surface area contributed by atoms with E-state index in [-0.39, 0.29) is 17.9 Å². The van der Waals surface area contributed by atoms with Gasteiger partial charge in [-0.25, -0.2) is 0 Å². The van der Waals surface area contributed by atoms with Crippen LogP contribution in [0.3, 0.4) is 0 Å². The predicted molar refractivity (Wildman–Crippen MR) is 73.4 cm³/mol. The normalized spacial score (nSPS) is 22.7. The number of rotatable bonds is 4. The van der Waals surface area contributed by atoms with Crippen LogP contribution in [0.2, 0.25) is 0 Å². The van der Waals surface area contributed by atoms with Crippen molar-refractivity contribution in [1.29, 1.82) is 0 Å². The van der Waals surface area contributed by atoms with Gasteiger partial charge in [-0.2, -0.15) is 0 Å². The smallest absolute Gasteiger partial charge is 0.242 e. The Balaban J connectivity index is 1.76. The fourth-order valence-corrected chi connectivity index (χ4v) is 2.84. The lowest BCUT2D eigenvalue weighted by molar-refractivity contribution is -0.141. The van der Waals surface area contributed by atoms with Gasteiger partial charge in [-0.15, -0.1) is 0 Å².